The molecule has 0 bridgehead atoms. The van der Waals surface area contributed by atoms with E-state index in [-0.39, 0.29) is 11.3 Å². The molecule has 0 amide bonds. The summed E-state index contributed by atoms with van der Waals surface area (Å²) in [5, 5.41) is 0. The van der Waals surface area contributed by atoms with Crippen LogP contribution in [0.5, 0.6) is 5.75 Å². The zero-order valence-electron chi connectivity index (χ0n) is 19.5. The van der Waals surface area contributed by atoms with Gasteiger partial charge in [-0.2, -0.15) is 0 Å². The lowest BCUT2D eigenvalue weighted by atomic mass is 9.98. The average Bonchev–Trinajstić information content (AvgIpc) is 2.87. The monoisotopic (exact) mass is 473 g/mol. The van der Waals surface area contributed by atoms with Crippen LogP contribution in [0.15, 0.2) is 85.6 Å². The predicted octanol–water partition coefficient (Wildman–Crippen LogP) is 7.88. The molecule has 1 heterocycles. The molecule has 5 heteroatoms. The second kappa shape index (κ2) is 11.0. The van der Waals surface area contributed by atoms with Gasteiger partial charge in [0.1, 0.15) is 0 Å². The number of aryl methyl sites for hydroxylation is 3. The molecular formula is C30H26F3NO. The summed E-state index contributed by atoms with van der Waals surface area (Å²) < 4.78 is 49.2. The van der Waals surface area contributed by atoms with Crippen LogP contribution in [0.4, 0.5) is 13.2 Å². The first-order valence-corrected chi connectivity index (χ1v) is 11.5. The quantitative estimate of drug-likeness (QED) is 0.182. The van der Waals surface area contributed by atoms with Gasteiger partial charge in [0, 0.05) is 23.0 Å². The lowest BCUT2D eigenvalue weighted by Crippen LogP contribution is -2.00. The lowest BCUT2D eigenvalue weighted by Gasteiger charge is -2.10. The minimum atomic E-state index is -0.859. The van der Waals surface area contributed by atoms with Gasteiger partial charge in [-0.1, -0.05) is 54.6 Å². The molecule has 0 aliphatic rings. The molecular weight excluding hydrogens is 447 g/mol. The van der Waals surface area contributed by atoms with Crippen LogP contribution in [-0.4, -0.2) is 11.6 Å². The molecule has 1 aromatic heterocycles. The van der Waals surface area contributed by atoms with Gasteiger partial charge in [-0.05, 0) is 66.6 Å². The van der Waals surface area contributed by atoms with E-state index in [4.69, 9.17) is 4.74 Å². The van der Waals surface area contributed by atoms with Gasteiger partial charge in [-0.3, -0.25) is 4.98 Å². The normalized spacial score (nSPS) is 10.9. The molecule has 0 radical (unpaired) electrons. The van der Waals surface area contributed by atoms with E-state index in [1.807, 2.05) is 37.3 Å². The van der Waals surface area contributed by atoms with Gasteiger partial charge in [-0.15, -0.1) is 6.58 Å². The Balaban J connectivity index is 1.42. The van der Waals surface area contributed by atoms with Crippen LogP contribution < -0.4 is 4.74 Å². The van der Waals surface area contributed by atoms with Crippen LogP contribution >= 0.6 is 0 Å². The van der Waals surface area contributed by atoms with Crippen molar-refractivity contribution in [2.45, 2.75) is 26.2 Å². The number of ether oxygens (including phenoxy) is 1. The van der Waals surface area contributed by atoms with Crippen molar-refractivity contribution in [1.29, 1.82) is 0 Å². The molecule has 0 atom stereocenters. The summed E-state index contributed by atoms with van der Waals surface area (Å²) in [5.41, 5.74) is 4.45. The minimum Gasteiger partial charge on any atom is -0.490 e. The fraction of sp³-hybridized carbons (Fsp3) is 0.167. The molecule has 0 unspecified atom stereocenters. The van der Waals surface area contributed by atoms with E-state index in [1.165, 1.54) is 6.07 Å². The largest absolute Gasteiger partial charge is 0.490 e. The van der Waals surface area contributed by atoms with Gasteiger partial charge in [-0.25, -0.2) is 13.2 Å². The van der Waals surface area contributed by atoms with Crippen molar-refractivity contribution in [1.82, 2.24) is 4.98 Å². The van der Waals surface area contributed by atoms with E-state index in [0.717, 1.165) is 22.4 Å². The van der Waals surface area contributed by atoms with Crippen molar-refractivity contribution in [2.75, 3.05) is 6.61 Å². The van der Waals surface area contributed by atoms with Crippen molar-refractivity contribution in [3.63, 3.8) is 0 Å². The van der Waals surface area contributed by atoms with E-state index in [2.05, 4.69) is 11.6 Å². The number of benzene rings is 3. The Morgan fingerprint density at radius 2 is 1.57 bits per heavy atom. The van der Waals surface area contributed by atoms with Crippen molar-refractivity contribution >= 4 is 0 Å². The Hall–Kier alpha value is -3.86. The van der Waals surface area contributed by atoms with Crippen LogP contribution in [0.3, 0.4) is 0 Å². The molecule has 0 aliphatic heterocycles. The number of hydrogen-bond acceptors (Lipinski definition) is 2. The summed E-state index contributed by atoms with van der Waals surface area (Å²) in [6.07, 6.45) is 4.82. The first-order valence-electron chi connectivity index (χ1n) is 11.5. The van der Waals surface area contributed by atoms with Gasteiger partial charge in [0.25, 0.3) is 0 Å². The van der Waals surface area contributed by atoms with E-state index < -0.39 is 17.5 Å². The highest BCUT2D eigenvalue weighted by atomic mass is 19.2. The molecule has 0 saturated heterocycles. The van der Waals surface area contributed by atoms with Gasteiger partial charge in [0.05, 0.1) is 6.61 Å². The smallest absolute Gasteiger partial charge is 0.166 e. The predicted molar refractivity (Wildman–Crippen MR) is 134 cm³/mol. The highest BCUT2D eigenvalue weighted by Crippen LogP contribution is 2.28. The summed E-state index contributed by atoms with van der Waals surface area (Å²) in [6, 6.07) is 19.2. The van der Waals surface area contributed by atoms with Gasteiger partial charge < -0.3 is 4.74 Å². The first kappa shape index (κ1) is 24.3. The van der Waals surface area contributed by atoms with Crippen LogP contribution in [0.25, 0.3) is 22.3 Å². The summed E-state index contributed by atoms with van der Waals surface area (Å²) >= 11 is 0. The SMILES string of the molecule is C=CCCOc1ccc(-c2ccc(CCc3ccc(-c4ccc(C)nc4)c(F)c3F)cc2)cc1F. The maximum absolute atomic E-state index is 14.7. The third-order valence-electron chi connectivity index (χ3n) is 5.87. The number of halogens is 3. The molecule has 0 N–H and O–H groups in total. The molecule has 4 rings (SSSR count). The maximum Gasteiger partial charge on any atom is 0.166 e. The Morgan fingerprint density at radius 1 is 0.829 bits per heavy atom. The highest BCUT2D eigenvalue weighted by Gasteiger charge is 2.15. The number of aromatic nitrogens is 1. The van der Waals surface area contributed by atoms with E-state index in [1.54, 1.807) is 42.6 Å². The molecule has 0 aliphatic carbocycles. The van der Waals surface area contributed by atoms with Gasteiger partial charge >= 0.3 is 0 Å². The number of rotatable bonds is 9. The standard InChI is InChI=1S/C30H26F3NO/c1-3-4-17-35-28-16-14-24(18-27(28)31)22-10-6-21(7-11-22)8-12-23-13-15-26(30(33)29(23)32)25-9-5-20(2)34-19-25/h3,5-7,9-11,13-16,18-19H,1,4,8,12,17H2,2H3. The molecule has 2 nitrogen and oxygen atoms in total. The number of nitrogens with zero attached hydrogens (tertiary/aromatic N) is 1. The lowest BCUT2D eigenvalue weighted by molar-refractivity contribution is 0.308. The minimum absolute atomic E-state index is 0.201. The molecule has 0 saturated carbocycles. The third kappa shape index (κ3) is 5.80. The number of pyridine rings is 1. The topological polar surface area (TPSA) is 22.1 Å². The van der Waals surface area contributed by atoms with Crippen molar-refractivity contribution in [3.8, 4) is 28.0 Å². The van der Waals surface area contributed by atoms with E-state index in [0.29, 0.717) is 37.0 Å². The second-order valence-corrected chi connectivity index (χ2v) is 8.36. The Labute approximate surface area is 203 Å². The summed E-state index contributed by atoms with van der Waals surface area (Å²) in [7, 11) is 0. The van der Waals surface area contributed by atoms with Crippen molar-refractivity contribution in [3.05, 3.63) is 120 Å². The fourth-order valence-electron chi connectivity index (χ4n) is 3.83. The summed E-state index contributed by atoms with van der Waals surface area (Å²) in [6.45, 7) is 5.84. The van der Waals surface area contributed by atoms with Crippen molar-refractivity contribution in [2.24, 2.45) is 0 Å². The summed E-state index contributed by atoms with van der Waals surface area (Å²) in [5.74, 6) is -1.89. The second-order valence-electron chi connectivity index (χ2n) is 8.36. The van der Waals surface area contributed by atoms with Crippen LogP contribution in [0.1, 0.15) is 23.2 Å². The van der Waals surface area contributed by atoms with Crippen molar-refractivity contribution < 1.29 is 17.9 Å². The molecule has 3 aromatic carbocycles. The Kier molecular flexibility index (Phi) is 7.66. The molecule has 4 aromatic rings. The Bertz CT molecular complexity index is 1320. The van der Waals surface area contributed by atoms with E-state index >= 15 is 0 Å². The zero-order chi connectivity index (χ0) is 24.8. The van der Waals surface area contributed by atoms with E-state index in [9.17, 15) is 13.2 Å². The van der Waals surface area contributed by atoms with Gasteiger partial charge in [0.15, 0.2) is 23.2 Å². The fourth-order valence-corrected chi connectivity index (χ4v) is 3.83. The number of hydrogen-bond donors (Lipinski definition) is 0. The van der Waals surface area contributed by atoms with Crippen LogP contribution in [0, 0.1) is 24.4 Å². The highest BCUT2D eigenvalue weighted by molar-refractivity contribution is 5.65. The molecule has 178 valence electrons. The van der Waals surface area contributed by atoms with Gasteiger partial charge in [0.2, 0.25) is 0 Å². The first-order chi connectivity index (χ1) is 17.0. The molecule has 35 heavy (non-hydrogen) atoms. The zero-order valence-corrected chi connectivity index (χ0v) is 19.5. The molecule has 0 spiro atoms. The average molecular weight is 474 g/mol. The maximum atomic E-state index is 14.7. The molecule has 0 fully saturated rings. The van der Waals surface area contributed by atoms with Crippen LogP contribution in [0.2, 0.25) is 0 Å². The van der Waals surface area contributed by atoms with Crippen LogP contribution in [-0.2, 0) is 12.8 Å². The third-order valence-corrected chi connectivity index (χ3v) is 5.87. The Morgan fingerprint density at radius 3 is 2.26 bits per heavy atom. The summed E-state index contributed by atoms with van der Waals surface area (Å²) in [4.78, 5) is 4.16.